The van der Waals surface area contributed by atoms with E-state index in [1.54, 1.807) is 24.3 Å². The lowest BCUT2D eigenvalue weighted by Gasteiger charge is -2.21. The lowest BCUT2D eigenvalue weighted by molar-refractivity contribution is -0.119. The topological polar surface area (TPSA) is 87.7 Å². The van der Waals surface area contributed by atoms with Gasteiger partial charge in [-0.05, 0) is 68.5 Å². The molecule has 0 unspecified atom stereocenters. The Balaban J connectivity index is 1.51. The first-order valence-electron chi connectivity index (χ1n) is 11.5. The maximum atomic E-state index is 12.6. The molecule has 1 fully saturated rings. The van der Waals surface area contributed by atoms with E-state index in [0.29, 0.717) is 30.4 Å². The van der Waals surface area contributed by atoms with E-state index in [2.05, 4.69) is 15.5 Å². The zero-order valence-corrected chi connectivity index (χ0v) is 19.6. The van der Waals surface area contributed by atoms with Crippen LogP contribution in [0.5, 0.6) is 0 Å². The highest BCUT2D eigenvalue weighted by atomic mass is 16.5. The van der Waals surface area contributed by atoms with Crippen LogP contribution in [-0.4, -0.2) is 48.4 Å². The van der Waals surface area contributed by atoms with Crippen LogP contribution in [-0.2, 0) is 14.3 Å². The Labute approximate surface area is 195 Å². The van der Waals surface area contributed by atoms with E-state index in [-0.39, 0.29) is 24.8 Å². The standard InChI is InChI=1S/C26H33N3O4/c1-4-14-33-26(32)20-6-5-7-21(16-20)27-24(30)12-13-29(22-10-11-22)17-25(31)28-23-15-18(2)8-9-19(23)3/h5-9,15-16,22H,4,10-14,17H2,1-3H3,(H,27,30)(H,28,31). The SMILES string of the molecule is CCCOC(=O)c1cccc(NC(=O)CCN(CC(=O)Nc2cc(C)ccc2C)C2CC2)c1. The maximum absolute atomic E-state index is 12.6. The van der Waals surface area contributed by atoms with Crippen molar-refractivity contribution in [2.75, 3.05) is 30.3 Å². The molecule has 2 aromatic carbocycles. The number of hydrogen-bond donors (Lipinski definition) is 2. The van der Waals surface area contributed by atoms with Gasteiger partial charge in [-0.2, -0.15) is 0 Å². The van der Waals surface area contributed by atoms with Crippen molar-refractivity contribution in [3.05, 3.63) is 59.2 Å². The summed E-state index contributed by atoms with van der Waals surface area (Å²) in [5.74, 6) is -0.633. The van der Waals surface area contributed by atoms with Crippen LogP contribution in [0, 0.1) is 13.8 Å². The predicted molar refractivity (Wildman–Crippen MR) is 129 cm³/mol. The van der Waals surface area contributed by atoms with E-state index >= 15 is 0 Å². The molecule has 33 heavy (non-hydrogen) atoms. The average molecular weight is 452 g/mol. The van der Waals surface area contributed by atoms with E-state index < -0.39 is 5.97 Å². The van der Waals surface area contributed by atoms with Crippen molar-refractivity contribution in [1.82, 2.24) is 4.90 Å². The molecule has 3 rings (SSSR count). The van der Waals surface area contributed by atoms with E-state index in [9.17, 15) is 14.4 Å². The van der Waals surface area contributed by atoms with Crippen molar-refractivity contribution in [1.29, 1.82) is 0 Å². The average Bonchev–Trinajstić information content (AvgIpc) is 3.63. The smallest absolute Gasteiger partial charge is 0.338 e. The van der Waals surface area contributed by atoms with Crippen LogP contribution in [0.3, 0.4) is 0 Å². The third-order valence-corrected chi connectivity index (χ3v) is 5.52. The number of rotatable bonds is 11. The monoisotopic (exact) mass is 451 g/mol. The van der Waals surface area contributed by atoms with Crippen LogP contribution < -0.4 is 10.6 Å². The molecule has 2 amide bonds. The molecular formula is C26H33N3O4. The molecule has 2 N–H and O–H groups in total. The molecule has 0 radical (unpaired) electrons. The van der Waals surface area contributed by atoms with Gasteiger partial charge in [0, 0.05) is 30.4 Å². The summed E-state index contributed by atoms with van der Waals surface area (Å²) < 4.78 is 5.15. The highest BCUT2D eigenvalue weighted by Crippen LogP contribution is 2.27. The number of carbonyl (C=O) groups is 3. The first kappa shape index (κ1) is 24.5. The minimum atomic E-state index is -0.400. The summed E-state index contributed by atoms with van der Waals surface area (Å²) in [7, 11) is 0. The molecule has 176 valence electrons. The zero-order valence-electron chi connectivity index (χ0n) is 19.6. The third-order valence-electron chi connectivity index (χ3n) is 5.52. The number of hydrogen-bond acceptors (Lipinski definition) is 5. The van der Waals surface area contributed by atoms with Gasteiger partial charge >= 0.3 is 5.97 Å². The number of esters is 1. The van der Waals surface area contributed by atoms with Crippen molar-refractivity contribution in [2.45, 2.75) is 52.5 Å². The molecule has 0 spiro atoms. The van der Waals surface area contributed by atoms with Crippen LogP contribution in [0.1, 0.15) is 54.1 Å². The van der Waals surface area contributed by atoms with Gasteiger partial charge in [0.1, 0.15) is 0 Å². The second kappa shape index (κ2) is 11.6. The minimum absolute atomic E-state index is 0.0747. The number of amides is 2. The fraction of sp³-hybridized carbons (Fsp3) is 0.423. The molecule has 1 aliphatic carbocycles. The summed E-state index contributed by atoms with van der Waals surface area (Å²) in [4.78, 5) is 39.3. The van der Waals surface area contributed by atoms with Crippen LogP contribution in [0.4, 0.5) is 11.4 Å². The first-order chi connectivity index (χ1) is 15.9. The Morgan fingerprint density at radius 3 is 2.55 bits per heavy atom. The zero-order chi connectivity index (χ0) is 23.8. The van der Waals surface area contributed by atoms with Gasteiger partial charge in [-0.25, -0.2) is 4.79 Å². The van der Waals surface area contributed by atoms with Gasteiger partial charge in [0.2, 0.25) is 11.8 Å². The Kier molecular flexibility index (Phi) is 8.60. The van der Waals surface area contributed by atoms with Crippen molar-refractivity contribution in [3.8, 4) is 0 Å². The number of carbonyl (C=O) groups excluding carboxylic acids is 3. The summed E-state index contributed by atoms with van der Waals surface area (Å²) >= 11 is 0. The van der Waals surface area contributed by atoms with Crippen molar-refractivity contribution < 1.29 is 19.1 Å². The molecule has 0 bridgehead atoms. The van der Waals surface area contributed by atoms with Gasteiger partial charge in [0.15, 0.2) is 0 Å². The number of aryl methyl sites for hydroxylation is 2. The number of benzene rings is 2. The highest BCUT2D eigenvalue weighted by molar-refractivity contribution is 5.95. The molecular weight excluding hydrogens is 418 g/mol. The normalized spacial score (nSPS) is 13.0. The predicted octanol–water partition coefficient (Wildman–Crippen LogP) is 4.30. The largest absolute Gasteiger partial charge is 0.462 e. The van der Waals surface area contributed by atoms with Crippen LogP contribution in [0.25, 0.3) is 0 Å². The van der Waals surface area contributed by atoms with Crippen LogP contribution in [0.15, 0.2) is 42.5 Å². The van der Waals surface area contributed by atoms with E-state index in [0.717, 1.165) is 36.1 Å². The molecule has 2 aromatic rings. The molecule has 7 heteroatoms. The van der Waals surface area contributed by atoms with Gasteiger partial charge in [0.25, 0.3) is 0 Å². The van der Waals surface area contributed by atoms with Crippen molar-refractivity contribution >= 4 is 29.2 Å². The molecule has 0 aliphatic heterocycles. The van der Waals surface area contributed by atoms with Gasteiger partial charge < -0.3 is 15.4 Å². The Morgan fingerprint density at radius 1 is 1.03 bits per heavy atom. The highest BCUT2D eigenvalue weighted by Gasteiger charge is 2.30. The molecule has 1 saturated carbocycles. The Bertz CT molecular complexity index is 1000. The van der Waals surface area contributed by atoms with Crippen molar-refractivity contribution in [2.24, 2.45) is 0 Å². The number of ether oxygens (including phenoxy) is 1. The van der Waals surface area contributed by atoms with Gasteiger partial charge in [0.05, 0.1) is 18.7 Å². The summed E-state index contributed by atoms with van der Waals surface area (Å²) in [6, 6.07) is 13.1. The van der Waals surface area contributed by atoms with E-state index in [1.807, 2.05) is 39.0 Å². The second-order valence-corrected chi connectivity index (χ2v) is 8.58. The second-order valence-electron chi connectivity index (χ2n) is 8.58. The first-order valence-corrected chi connectivity index (χ1v) is 11.5. The summed E-state index contributed by atoms with van der Waals surface area (Å²) in [5, 5.41) is 5.84. The maximum Gasteiger partial charge on any atom is 0.338 e. The number of anilines is 2. The summed E-state index contributed by atoms with van der Waals surface area (Å²) in [6.45, 7) is 7.01. The fourth-order valence-electron chi connectivity index (χ4n) is 3.55. The molecule has 0 heterocycles. The molecule has 7 nitrogen and oxygen atoms in total. The van der Waals surface area contributed by atoms with Crippen LogP contribution >= 0.6 is 0 Å². The van der Waals surface area contributed by atoms with Crippen LogP contribution in [0.2, 0.25) is 0 Å². The Hall–Kier alpha value is -3.19. The summed E-state index contributed by atoms with van der Waals surface area (Å²) in [5.41, 5.74) is 3.90. The van der Waals surface area contributed by atoms with Crippen molar-refractivity contribution in [3.63, 3.8) is 0 Å². The number of nitrogens with one attached hydrogen (secondary N) is 2. The lowest BCUT2D eigenvalue weighted by Crippen LogP contribution is -2.37. The quantitative estimate of drug-likeness (QED) is 0.497. The van der Waals surface area contributed by atoms with E-state index in [1.165, 1.54) is 0 Å². The summed E-state index contributed by atoms with van der Waals surface area (Å²) in [6.07, 6.45) is 3.10. The lowest BCUT2D eigenvalue weighted by atomic mass is 10.1. The molecule has 0 atom stereocenters. The molecule has 0 aromatic heterocycles. The van der Waals surface area contributed by atoms with Gasteiger partial charge in [-0.1, -0.05) is 25.1 Å². The molecule has 1 aliphatic rings. The fourth-order valence-corrected chi connectivity index (χ4v) is 3.55. The van der Waals surface area contributed by atoms with Gasteiger partial charge in [-0.15, -0.1) is 0 Å². The van der Waals surface area contributed by atoms with Gasteiger partial charge in [-0.3, -0.25) is 14.5 Å². The minimum Gasteiger partial charge on any atom is -0.462 e. The number of nitrogens with zero attached hydrogens (tertiary/aromatic N) is 1. The third kappa shape index (κ3) is 7.71. The Morgan fingerprint density at radius 2 is 1.82 bits per heavy atom. The van der Waals surface area contributed by atoms with E-state index in [4.69, 9.17) is 4.74 Å². The molecule has 0 saturated heterocycles.